The zero-order valence-corrected chi connectivity index (χ0v) is 21.9. The Labute approximate surface area is 229 Å². The summed E-state index contributed by atoms with van der Waals surface area (Å²) >= 11 is 10.9. The van der Waals surface area contributed by atoms with E-state index in [9.17, 15) is 0 Å². The normalized spacial score (nSPS) is 7.24. The summed E-state index contributed by atoms with van der Waals surface area (Å²) < 4.78 is 0. The Hall–Kier alpha value is -2.20. The third-order valence-electron chi connectivity index (χ3n) is 1.73. The van der Waals surface area contributed by atoms with Gasteiger partial charge in [0.2, 0.25) is 0 Å². The van der Waals surface area contributed by atoms with Gasteiger partial charge in [-0.2, -0.15) is 0 Å². The zero-order chi connectivity index (χ0) is 25.9. The number of hydrogen-bond acceptors (Lipinski definition) is 10. The zero-order valence-electron chi connectivity index (χ0n) is 18.6. The first-order chi connectivity index (χ1) is 14.8. The van der Waals surface area contributed by atoms with Crippen molar-refractivity contribution in [3.63, 3.8) is 0 Å². The van der Waals surface area contributed by atoms with Gasteiger partial charge in [0.1, 0.15) is 0 Å². The Balaban J connectivity index is -0.0000000711. The van der Waals surface area contributed by atoms with Crippen molar-refractivity contribution in [2.45, 2.75) is 39.5 Å². The molecule has 0 aliphatic carbocycles. The molecule has 0 unspecified atom stereocenters. The maximum Gasteiger partial charge on any atom is 2.00 e. The first-order valence-electron chi connectivity index (χ1n) is 8.42. The quantitative estimate of drug-likeness (QED) is 0.288. The Bertz CT molecular complexity index is 640. The van der Waals surface area contributed by atoms with E-state index >= 15 is 0 Å². The molecular weight excluding hydrogens is 594 g/mol. The number of aliphatic carboxylic acids is 4. The molecule has 10 nitrogen and oxygen atoms in total. The monoisotopic (exact) mass is 616 g/mol. The van der Waals surface area contributed by atoms with Crippen molar-refractivity contribution < 1.29 is 73.7 Å². The van der Waals surface area contributed by atoms with Crippen molar-refractivity contribution in [2.24, 2.45) is 0 Å². The van der Waals surface area contributed by atoms with Gasteiger partial charge in [-0.25, -0.2) is 0 Å². The fourth-order valence-corrected chi connectivity index (χ4v) is 1.27. The minimum absolute atomic E-state index is 0. The summed E-state index contributed by atoms with van der Waals surface area (Å²) in [7, 11) is 0. The van der Waals surface area contributed by atoms with Crippen molar-refractivity contribution in [3.8, 4) is 0 Å². The predicted octanol–water partition coefficient (Wildman–Crippen LogP) is -1.34. The summed E-state index contributed by atoms with van der Waals surface area (Å²) in [5, 5.41) is 35.6. The van der Waals surface area contributed by atoms with E-state index in [1.165, 1.54) is 0 Å². The molecule has 2 heterocycles. The van der Waals surface area contributed by atoms with E-state index in [0.29, 0.717) is 11.8 Å². The summed E-state index contributed by atoms with van der Waals surface area (Å²) in [4.78, 5) is 43.5. The largest absolute Gasteiger partial charge is 2.00 e. The number of aromatic nitrogens is 2. The first kappa shape index (κ1) is 45.3. The summed E-state index contributed by atoms with van der Waals surface area (Å²) in [6.07, 6.45) is 3.47. The summed E-state index contributed by atoms with van der Waals surface area (Å²) in [5.41, 5.74) is 1.85. The molecule has 0 aliphatic rings. The average Bonchev–Trinajstić information content (AvgIpc) is 2.68. The Morgan fingerprint density at radius 1 is 0.618 bits per heavy atom. The maximum atomic E-state index is 8.89. The molecule has 0 spiro atoms. The number of pyridine rings is 2. The number of halogens is 2. The van der Waals surface area contributed by atoms with Crippen molar-refractivity contribution in [1.82, 2.24) is 9.97 Å². The standard InChI is InChI=1S/2C6H6ClN.4C2H4O2.2Cu/c2*7-5-6-3-1-2-4-8-6;4*1-2(3)4;;/h2*1-4H,5H2;4*1H3,(H,3,4);;/q;;;;;;2*+2/p-4. The number of carboxylic acids is 4. The van der Waals surface area contributed by atoms with E-state index in [2.05, 4.69) is 9.97 Å². The number of alkyl halides is 2. The van der Waals surface area contributed by atoms with Gasteiger partial charge in [-0.1, -0.05) is 12.1 Å². The number of nitrogens with zero attached hydrogens (tertiary/aromatic N) is 2. The summed E-state index contributed by atoms with van der Waals surface area (Å²) in [5.74, 6) is -3.33. The van der Waals surface area contributed by atoms with Crippen LogP contribution in [-0.2, 0) is 65.1 Å². The second kappa shape index (κ2) is 35.4. The molecule has 2 radical (unpaired) electrons. The molecule has 0 saturated carbocycles. The van der Waals surface area contributed by atoms with Crippen LogP contribution in [0.4, 0.5) is 0 Å². The van der Waals surface area contributed by atoms with Gasteiger partial charge in [0.15, 0.2) is 0 Å². The summed E-state index contributed by atoms with van der Waals surface area (Å²) in [6.45, 7) is 3.89. The molecule has 0 bridgehead atoms. The molecule has 0 N–H and O–H groups in total. The smallest absolute Gasteiger partial charge is 0.550 e. The van der Waals surface area contributed by atoms with Crippen LogP contribution in [0.15, 0.2) is 48.8 Å². The van der Waals surface area contributed by atoms with Gasteiger partial charge < -0.3 is 39.6 Å². The van der Waals surface area contributed by atoms with Crippen LogP contribution in [-0.4, -0.2) is 33.8 Å². The van der Waals surface area contributed by atoms with Gasteiger partial charge in [0, 0.05) is 36.3 Å². The number of carbonyl (C=O) groups excluding carboxylic acids is 4. The van der Waals surface area contributed by atoms with Crippen molar-refractivity contribution >= 4 is 47.1 Å². The molecule has 34 heavy (non-hydrogen) atoms. The van der Waals surface area contributed by atoms with Crippen LogP contribution in [0.1, 0.15) is 39.1 Å². The molecule has 0 fully saturated rings. The van der Waals surface area contributed by atoms with E-state index in [-0.39, 0.29) is 34.1 Å². The van der Waals surface area contributed by atoms with Crippen molar-refractivity contribution in [3.05, 3.63) is 60.2 Å². The van der Waals surface area contributed by atoms with Crippen LogP contribution < -0.4 is 20.4 Å². The number of rotatable bonds is 2. The minimum atomic E-state index is -1.08. The Morgan fingerprint density at radius 3 is 0.912 bits per heavy atom. The van der Waals surface area contributed by atoms with Crippen molar-refractivity contribution in [1.29, 1.82) is 0 Å². The summed E-state index contributed by atoms with van der Waals surface area (Å²) in [6, 6.07) is 11.4. The van der Waals surface area contributed by atoms with E-state index < -0.39 is 23.9 Å². The van der Waals surface area contributed by atoms with Crippen LogP contribution in [0, 0.1) is 0 Å². The predicted molar refractivity (Wildman–Crippen MR) is 110 cm³/mol. The van der Waals surface area contributed by atoms with Gasteiger partial charge in [-0.05, 0) is 52.0 Å². The average molecular weight is 618 g/mol. The molecular formula is C20H24Cl2Cu2N2O8. The molecule has 2 rings (SSSR count). The van der Waals surface area contributed by atoms with Gasteiger partial charge in [-0.15, -0.1) is 23.2 Å². The minimum Gasteiger partial charge on any atom is -0.550 e. The van der Waals surface area contributed by atoms with E-state index in [4.69, 9.17) is 62.8 Å². The SMILES string of the molecule is CC(=O)[O-].CC(=O)[O-].CC(=O)[O-].CC(=O)[O-].ClCc1ccccn1.ClCc1ccccn1.[Cu+2].[Cu+2]. The van der Waals surface area contributed by atoms with Gasteiger partial charge in [-0.3, -0.25) is 9.97 Å². The Kier molecular flexibility index (Phi) is 47.2. The van der Waals surface area contributed by atoms with Crippen LogP contribution >= 0.6 is 23.2 Å². The van der Waals surface area contributed by atoms with Crippen LogP contribution in [0.25, 0.3) is 0 Å². The fraction of sp³-hybridized carbons (Fsp3) is 0.300. The first-order valence-corrected chi connectivity index (χ1v) is 9.48. The molecule has 0 aliphatic heterocycles. The molecule has 0 atom stereocenters. The van der Waals surface area contributed by atoms with E-state index in [0.717, 1.165) is 39.1 Å². The number of hydrogen-bond donors (Lipinski definition) is 0. The number of carboxylic acid groups (broad SMARTS) is 4. The molecule has 0 amide bonds. The van der Waals surface area contributed by atoms with Crippen LogP contribution in [0.2, 0.25) is 0 Å². The number of carbonyl (C=O) groups is 4. The topological polar surface area (TPSA) is 186 Å². The van der Waals surface area contributed by atoms with E-state index in [1.807, 2.05) is 36.4 Å². The van der Waals surface area contributed by atoms with Crippen LogP contribution in [0.3, 0.4) is 0 Å². The maximum absolute atomic E-state index is 8.89. The van der Waals surface area contributed by atoms with Gasteiger partial charge in [0.05, 0.1) is 23.1 Å². The molecule has 198 valence electrons. The molecule has 0 aromatic carbocycles. The van der Waals surface area contributed by atoms with E-state index in [1.54, 1.807) is 12.4 Å². The van der Waals surface area contributed by atoms with Crippen molar-refractivity contribution in [2.75, 3.05) is 0 Å². The van der Waals surface area contributed by atoms with Gasteiger partial charge in [0.25, 0.3) is 0 Å². The third-order valence-corrected chi connectivity index (χ3v) is 2.27. The third kappa shape index (κ3) is 78.0. The molecule has 2 aromatic heterocycles. The Morgan fingerprint density at radius 2 is 0.824 bits per heavy atom. The fourth-order valence-electron chi connectivity index (χ4n) is 0.954. The van der Waals surface area contributed by atoms with Crippen LogP contribution in [0.5, 0.6) is 0 Å². The second-order valence-corrected chi connectivity index (χ2v) is 5.41. The second-order valence-electron chi connectivity index (χ2n) is 4.88. The molecule has 2 aromatic rings. The molecule has 14 heteroatoms. The van der Waals surface area contributed by atoms with Gasteiger partial charge >= 0.3 is 34.1 Å². The molecule has 0 saturated heterocycles.